The molecule has 0 bridgehead atoms. The molecule has 5 heteroatoms. The Kier molecular flexibility index (Phi) is 4.89. The van der Waals surface area contributed by atoms with Crippen LogP contribution in [0.4, 0.5) is 5.69 Å². The van der Waals surface area contributed by atoms with Gasteiger partial charge in [-0.2, -0.15) is 0 Å². The molecule has 2 atom stereocenters. The summed E-state index contributed by atoms with van der Waals surface area (Å²) in [5, 5.41) is 4.03. The molecule has 0 saturated carbocycles. The van der Waals surface area contributed by atoms with Crippen molar-refractivity contribution in [2.45, 2.75) is 19.4 Å². The van der Waals surface area contributed by atoms with E-state index in [1.54, 1.807) is 31.1 Å². The van der Waals surface area contributed by atoms with Gasteiger partial charge in [0.2, 0.25) is 0 Å². The number of rotatable bonds is 4. The highest BCUT2D eigenvalue weighted by molar-refractivity contribution is 6.33. The summed E-state index contributed by atoms with van der Waals surface area (Å²) in [5.41, 5.74) is 1.44. The minimum Gasteiger partial charge on any atom is -0.381 e. The molecule has 0 spiro atoms. The Balaban J connectivity index is 2.13. The molecule has 20 heavy (non-hydrogen) atoms. The van der Waals surface area contributed by atoms with Gasteiger partial charge in [0.15, 0.2) is 0 Å². The number of hydrogen-bond acceptors (Lipinski definition) is 3. The fourth-order valence-corrected chi connectivity index (χ4v) is 2.51. The maximum absolute atomic E-state index is 12.0. The third-order valence-corrected chi connectivity index (χ3v) is 4.00. The van der Waals surface area contributed by atoms with Crippen LogP contribution < -0.4 is 5.32 Å². The number of carbonyl (C=O) groups is 1. The molecule has 1 amide bonds. The summed E-state index contributed by atoms with van der Waals surface area (Å²) in [6, 6.07) is 5.59. The largest absolute Gasteiger partial charge is 0.381 e. The topological polar surface area (TPSA) is 41.6 Å². The fraction of sp³-hybridized carbons (Fsp3) is 0.533. The van der Waals surface area contributed by atoms with E-state index in [9.17, 15) is 4.79 Å². The number of halogens is 1. The van der Waals surface area contributed by atoms with Crippen molar-refractivity contribution in [2.75, 3.05) is 32.6 Å². The van der Waals surface area contributed by atoms with E-state index in [0.717, 1.165) is 25.3 Å². The minimum absolute atomic E-state index is 0.0263. The highest BCUT2D eigenvalue weighted by Gasteiger charge is 2.23. The second-order valence-corrected chi connectivity index (χ2v) is 5.86. The molecule has 4 nitrogen and oxygen atoms in total. The lowest BCUT2D eigenvalue weighted by molar-refractivity contribution is 0.0827. The van der Waals surface area contributed by atoms with Crippen LogP contribution in [-0.2, 0) is 4.74 Å². The van der Waals surface area contributed by atoms with Crippen LogP contribution in [0.3, 0.4) is 0 Å². The molecule has 1 aromatic carbocycles. The number of hydrogen-bond donors (Lipinski definition) is 1. The zero-order chi connectivity index (χ0) is 14.7. The Morgan fingerprint density at radius 2 is 2.25 bits per heavy atom. The van der Waals surface area contributed by atoms with Crippen molar-refractivity contribution in [1.29, 1.82) is 0 Å². The number of benzene rings is 1. The predicted molar refractivity (Wildman–Crippen MR) is 81.5 cm³/mol. The van der Waals surface area contributed by atoms with Gasteiger partial charge in [-0.1, -0.05) is 11.6 Å². The van der Waals surface area contributed by atoms with Crippen LogP contribution in [0, 0.1) is 5.92 Å². The SMILES string of the molecule is CC(Nc1cc(C(=O)N(C)C)ccc1Cl)C1CCOC1. The molecule has 1 aliphatic rings. The van der Waals surface area contributed by atoms with E-state index < -0.39 is 0 Å². The van der Waals surface area contributed by atoms with Crippen LogP contribution in [0.1, 0.15) is 23.7 Å². The third kappa shape index (κ3) is 3.44. The number of ether oxygens (including phenoxy) is 1. The number of nitrogens with one attached hydrogen (secondary N) is 1. The fourth-order valence-electron chi connectivity index (χ4n) is 2.34. The molecular weight excluding hydrogens is 276 g/mol. The van der Waals surface area contributed by atoms with E-state index in [-0.39, 0.29) is 11.9 Å². The van der Waals surface area contributed by atoms with Crippen molar-refractivity contribution >= 4 is 23.2 Å². The highest BCUT2D eigenvalue weighted by atomic mass is 35.5. The lowest BCUT2D eigenvalue weighted by Crippen LogP contribution is -2.27. The summed E-state index contributed by atoms with van der Waals surface area (Å²) >= 11 is 6.21. The molecule has 0 aliphatic carbocycles. The van der Waals surface area contributed by atoms with E-state index in [1.165, 1.54) is 0 Å². The molecule has 2 rings (SSSR count). The quantitative estimate of drug-likeness (QED) is 0.929. The van der Waals surface area contributed by atoms with Crippen LogP contribution in [0.2, 0.25) is 5.02 Å². The number of anilines is 1. The summed E-state index contributed by atoms with van der Waals surface area (Å²) in [4.78, 5) is 13.5. The summed E-state index contributed by atoms with van der Waals surface area (Å²) in [6.45, 7) is 3.72. The van der Waals surface area contributed by atoms with Gasteiger partial charge in [-0.3, -0.25) is 4.79 Å². The summed E-state index contributed by atoms with van der Waals surface area (Å²) in [6.07, 6.45) is 1.06. The molecule has 1 saturated heterocycles. The first-order valence-corrected chi connectivity index (χ1v) is 7.22. The van der Waals surface area contributed by atoms with Crippen LogP contribution in [0.25, 0.3) is 0 Å². The third-order valence-electron chi connectivity index (χ3n) is 3.67. The molecule has 1 heterocycles. The Morgan fingerprint density at radius 1 is 1.50 bits per heavy atom. The molecular formula is C15H21ClN2O2. The van der Waals surface area contributed by atoms with Crippen LogP contribution in [-0.4, -0.2) is 44.2 Å². The monoisotopic (exact) mass is 296 g/mol. The first kappa shape index (κ1) is 15.1. The minimum atomic E-state index is -0.0263. The zero-order valence-electron chi connectivity index (χ0n) is 12.1. The van der Waals surface area contributed by atoms with Gasteiger partial charge in [0.25, 0.3) is 5.91 Å². The molecule has 1 fully saturated rings. The number of carbonyl (C=O) groups excluding carboxylic acids is 1. The average Bonchev–Trinajstić information content (AvgIpc) is 2.94. The van der Waals surface area contributed by atoms with Crippen molar-refractivity contribution in [3.63, 3.8) is 0 Å². The normalized spacial score (nSPS) is 19.7. The molecule has 1 N–H and O–H groups in total. The van der Waals surface area contributed by atoms with E-state index in [4.69, 9.17) is 16.3 Å². The maximum Gasteiger partial charge on any atom is 0.253 e. The van der Waals surface area contributed by atoms with Gasteiger partial charge in [-0.05, 0) is 31.5 Å². The molecule has 1 aliphatic heterocycles. The number of amides is 1. The van der Waals surface area contributed by atoms with Crippen LogP contribution in [0.15, 0.2) is 18.2 Å². The summed E-state index contributed by atoms with van der Waals surface area (Å²) in [5.74, 6) is 0.459. The Bertz CT molecular complexity index is 485. The molecule has 1 aromatic rings. The van der Waals surface area contributed by atoms with Gasteiger partial charge in [-0.25, -0.2) is 0 Å². The van der Waals surface area contributed by atoms with Crippen molar-refractivity contribution < 1.29 is 9.53 Å². The second-order valence-electron chi connectivity index (χ2n) is 5.45. The molecule has 2 unspecified atom stereocenters. The van der Waals surface area contributed by atoms with Crippen molar-refractivity contribution in [2.24, 2.45) is 5.92 Å². The maximum atomic E-state index is 12.0. The Hall–Kier alpha value is -1.26. The smallest absolute Gasteiger partial charge is 0.253 e. The lowest BCUT2D eigenvalue weighted by atomic mass is 10.0. The highest BCUT2D eigenvalue weighted by Crippen LogP contribution is 2.27. The van der Waals surface area contributed by atoms with E-state index in [0.29, 0.717) is 16.5 Å². The molecule has 0 aromatic heterocycles. The first-order valence-electron chi connectivity index (χ1n) is 6.84. The van der Waals surface area contributed by atoms with E-state index in [1.807, 2.05) is 6.07 Å². The van der Waals surface area contributed by atoms with Gasteiger partial charge in [0.1, 0.15) is 0 Å². The first-order chi connectivity index (χ1) is 9.49. The van der Waals surface area contributed by atoms with E-state index >= 15 is 0 Å². The predicted octanol–water partition coefficient (Wildman–Crippen LogP) is 2.88. The van der Waals surface area contributed by atoms with Gasteiger partial charge in [0.05, 0.1) is 17.3 Å². The van der Waals surface area contributed by atoms with Crippen LogP contribution in [0.5, 0.6) is 0 Å². The van der Waals surface area contributed by atoms with Gasteiger partial charge >= 0.3 is 0 Å². The average molecular weight is 297 g/mol. The van der Waals surface area contributed by atoms with Gasteiger partial charge in [-0.15, -0.1) is 0 Å². The van der Waals surface area contributed by atoms with Gasteiger partial charge < -0.3 is 15.0 Å². The van der Waals surface area contributed by atoms with Crippen LogP contribution >= 0.6 is 11.6 Å². The standard InChI is InChI=1S/C15H21ClN2O2/c1-10(12-6-7-20-9-12)17-14-8-11(4-5-13(14)16)15(19)18(2)3/h4-5,8,10,12,17H,6-7,9H2,1-3H3. The van der Waals surface area contributed by atoms with Gasteiger partial charge in [0, 0.05) is 38.2 Å². The van der Waals surface area contributed by atoms with Crippen molar-refractivity contribution in [3.8, 4) is 0 Å². The molecule has 0 radical (unpaired) electrons. The molecule has 110 valence electrons. The Labute approximate surface area is 125 Å². The number of nitrogens with zero attached hydrogens (tertiary/aromatic N) is 1. The summed E-state index contributed by atoms with van der Waals surface area (Å²) < 4.78 is 5.41. The zero-order valence-corrected chi connectivity index (χ0v) is 12.9. The van der Waals surface area contributed by atoms with Crippen molar-refractivity contribution in [1.82, 2.24) is 4.90 Å². The lowest BCUT2D eigenvalue weighted by Gasteiger charge is -2.22. The summed E-state index contributed by atoms with van der Waals surface area (Å²) in [7, 11) is 3.48. The Morgan fingerprint density at radius 3 is 2.85 bits per heavy atom. The van der Waals surface area contributed by atoms with Crippen molar-refractivity contribution in [3.05, 3.63) is 28.8 Å². The van der Waals surface area contributed by atoms with E-state index in [2.05, 4.69) is 12.2 Å². The second kappa shape index (κ2) is 6.46.